The van der Waals surface area contributed by atoms with Crippen LogP contribution < -0.4 is 0 Å². The van der Waals surface area contributed by atoms with Crippen LogP contribution in [0.15, 0.2) is 101 Å². The Kier molecular flexibility index (Phi) is 9.80. The molecule has 0 bridgehead atoms. The fourth-order valence-corrected chi connectivity index (χ4v) is 3.92. The number of ether oxygens (including phenoxy) is 3. The average Bonchev–Trinajstić information content (AvgIpc) is 3.33. The average molecular weight is 501 g/mol. The predicted molar refractivity (Wildman–Crippen MR) is 140 cm³/mol. The van der Waals surface area contributed by atoms with Gasteiger partial charge < -0.3 is 23.7 Å². The van der Waals surface area contributed by atoms with Crippen LogP contribution in [0.3, 0.4) is 0 Å². The maximum Gasteiger partial charge on any atom is 0.229 e. The highest BCUT2D eigenvalue weighted by molar-refractivity contribution is 5.97. The summed E-state index contributed by atoms with van der Waals surface area (Å²) in [5.74, 6) is 0.255. The van der Waals surface area contributed by atoms with Crippen LogP contribution in [0.1, 0.15) is 38.6 Å². The first-order valence-electron chi connectivity index (χ1n) is 12.3. The topological polar surface area (TPSA) is 78.1 Å². The monoisotopic (exact) mass is 500 g/mol. The zero-order valence-corrected chi connectivity index (χ0v) is 20.9. The van der Waals surface area contributed by atoms with Crippen LogP contribution in [0.25, 0.3) is 0 Å². The summed E-state index contributed by atoms with van der Waals surface area (Å²) < 4.78 is 24.2. The molecular weight excluding hydrogens is 468 g/mol. The molecule has 1 heterocycles. The van der Waals surface area contributed by atoms with E-state index in [0.717, 1.165) is 16.7 Å². The summed E-state index contributed by atoms with van der Waals surface area (Å²) in [7, 11) is 0. The molecule has 4 rings (SSSR count). The molecule has 0 aliphatic carbocycles. The molecule has 3 aromatic carbocycles. The third-order valence-electron chi connectivity index (χ3n) is 6.00. The number of hydrogen-bond donors (Lipinski definition) is 1. The van der Waals surface area contributed by atoms with E-state index in [2.05, 4.69) is 0 Å². The highest BCUT2D eigenvalue weighted by Gasteiger charge is 2.34. The molecule has 0 amide bonds. The van der Waals surface area contributed by atoms with Crippen molar-refractivity contribution in [2.24, 2.45) is 0 Å². The molecular formula is C31H32O6. The SMILES string of the molecule is Cc1oc(C(=O)[C@H](OCc2ccccc2)[C@@H](COCc2ccccc2)OCc2ccccc2)cc1CO. The van der Waals surface area contributed by atoms with Crippen molar-refractivity contribution in [2.45, 2.75) is 45.6 Å². The molecule has 0 unspecified atom stereocenters. The van der Waals surface area contributed by atoms with Gasteiger partial charge in [0.25, 0.3) is 0 Å². The maximum absolute atomic E-state index is 13.7. The minimum Gasteiger partial charge on any atom is -0.458 e. The predicted octanol–water partition coefficient (Wildman–Crippen LogP) is 5.65. The van der Waals surface area contributed by atoms with E-state index >= 15 is 0 Å². The summed E-state index contributed by atoms with van der Waals surface area (Å²) >= 11 is 0. The van der Waals surface area contributed by atoms with Crippen LogP contribution in [0.5, 0.6) is 0 Å². The molecule has 6 nitrogen and oxygen atoms in total. The molecule has 0 radical (unpaired) electrons. The molecule has 0 saturated carbocycles. The molecule has 37 heavy (non-hydrogen) atoms. The van der Waals surface area contributed by atoms with Gasteiger partial charge >= 0.3 is 0 Å². The lowest BCUT2D eigenvalue weighted by Crippen LogP contribution is -2.41. The second-order valence-corrected chi connectivity index (χ2v) is 8.77. The molecule has 0 spiro atoms. The van der Waals surface area contributed by atoms with Crippen molar-refractivity contribution in [2.75, 3.05) is 6.61 Å². The van der Waals surface area contributed by atoms with Gasteiger partial charge in [0.1, 0.15) is 11.9 Å². The number of aliphatic hydroxyl groups is 1. The lowest BCUT2D eigenvalue weighted by atomic mass is 10.1. The van der Waals surface area contributed by atoms with Crippen LogP contribution >= 0.6 is 0 Å². The molecule has 1 aromatic heterocycles. The molecule has 6 heteroatoms. The molecule has 0 fully saturated rings. The normalized spacial score (nSPS) is 12.8. The van der Waals surface area contributed by atoms with E-state index in [-0.39, 0.29) is 38.0 Å². The lowest BCUT2D eigenvalue weighted by Gasteiger charge is -2.26. The van der Waals surface area contributed by atoms with Gasteiger partial charge in [-0.1, -0.05) is 91.0 Å². The van der Waals surface area contributed by atoms with Gasteiger partial charge in [-0.2, -0.15) is 0 Å². The van der Waals surface area contributed by atoms with E-state index in [4.69, 9.17) is 18.6 Å². The van der Waals surface area contributed by atoms with Gasteiger partial charge in [0.15, 0.2) is 11.9 Å². The number of furan rings is 1. The van der Waals surface area contributed by atoms with E-state index in [1.807, 2.05) is 91.0 Å². The largest absolute Gasteiger partial charge is 0.458 e. The Balaban J connectivity index is 1.57. The minimum atomic E-state index is -0.989. The Hall–Kier alpha value is -3.55. The van der Waals surface area contributed by atoms with Gasteiger partial charge in [-0.25, -0.2) is 0 Å². The first-order valence-corrected chi connectivity index (χ1v) is 12.3. The van der Waals surface area contributed by atoms with Crippen LogP contribution in [0, 0.1) is 6.92 Å². The number of carbonyl (C=O) groups is 1. The standard InChI is InChI=1S/C31H32O6/c1-23-27(18-32)17-28(37-23)30(33)31(36-21-26-15-9-4-10-16-26)29(35-20-25-13-7-3-8-14-25)22-34-19-24-11-5-2-6-12-24/h2-17,29,31-32H,18-22H2,1H3/t29-,31-/m1/s1. The molecule has 4 aromatic rings. The van der Waals surface area contributed by atoms with E-state index in [1.165, 1.54) is 0 Å². The van der Waals surface area contributed by atoms with Gasteiger partial charge in [-0.15, -0.1) is 0 Å². The highest BCUT2D eigenvalue weighted by atomic mass is 16.6. The summed E-state index contributed by atoms with van der Waals surface area (Å²) in [6.07, 6.45) is -1.69. The Morgan fingerprint density at radius 2 is 1.30 bits per heavy atom. The zero-order chi connectivity index (χ0) is 25.9. The van der Waals surface area contributed by atoms with Crippen molar-refractivity contribution >= 4 is 5.78 Å². The fourth-order valence-electron chi connectivity index (χ4n) is 3.92. The van der Waals surface area contributed by atoms with Crippen molar-refractivity contribution in [3.05, 3.63) is 131 Å². The van der Waals surface area contributed by atoms with Crippen molar-refractivity contribution in [3.8, 4) is 0 Å². The molecule has 0 aliphatic rings. The number of ketones is 1. The van der Waals surface area contributed by atoms with Crippen molar-refractivity contribution in [1.82, 2.24) is 0 Å². The number of rotatable bonds is 14. The van der Waals surface area contributed by atoms with Crippen LogP contribution in [0.2, 0.25) is 0 Å². The number of hydrogen-bond acceptors (Lipinski definition) is 6. The first kappa shape index (κ1) is 26.5. The first-order chi connectivity index (χ1) is 18.1. The van der Waals surface area contributed by atoms with Gasteiger partial charge in [0.2, 0.25) is 5.78 Å². The quantitative estimate of drug-likeness (QED) is 0.226. The molecule has 0 aliphatic heterocycles. The third-order valence-corrected chi connectivity index (χ3v) is 6.00. The zero-order valence-electron chi connectivity index (χ0n) is 20.9. The molecule has 1 N–H and O–H groups in total. The van der Waals surface area contributed by atoms with Crippen molar-refractivity contribution in [3.63, 3.8) is 0 Å². The molecule has 192 valence electrons. The Labute approximate surface area is 217 Å². The van der Waals surface area contributed by atoms with E-state index in [1.54, 1.807) is 13.0 Å². The van der Waals surface area contributed by atoms with Crippen LogP contribution in [-0.2, 0) is 40.6 Å². The second-order valence-electron chi connectivity index (χ2n) is 8.77. The van der Waals surface area contributed by atoms with Gasteiger partial charge in [0.05, 0.1) is 33.0 Å². The fraction of sp³-hybridized carbons (Fsp3) is 0.258. The minimum absolute atomic E-state index is 0.121. The highest BCUT2D eigenvalue weighted by Crippen LogP contribution is 2.21. The number of carbonyl (C=O) groups excluding carboxylic acids is 1. The van der Waals surface area contributed by atoms with Crippen molar-refractivity contribution in [1.29, 1.82) is 0 Å². The van der Waals surface area contributed by atoms with Crippen molar-refractivity contribution < 1.29 is 28.5 Å². The Morgan fingerprint density at radius 1 is 0.784 bits per heavy atom. The van der Waals surface area contributed by atoms with E-state index < -0.39 is 12.2 Å². The van der Waals surface area contributed by atoms with Gasteiger partial charge in [0, 0.05) is 5.56 Å². The van der Waals surface area contributed by atoms with E-state index in [0.29, 0.717) is 17.9 Å². The smallest absolute Gasteiger partial charge is 0.229 e. The second kappa shape index (κ2) is 13.7. The Morgan fingerprint density at radius 3 is 1.81 bits per heavy atom. The summed E-state index contributed by atoms with van der Waals surface area (Å²) in [5.41, 5.74) is 3.49. The van der Waals surface area contributed by atoms with Crippen LogP contribution in [-0.4, -0.2) is 29.7 Å². The van der Waals surface area contributed by atoms with Gasteiger partial charge in [-0.3, -0.25) is 4.79 Å². The molecule has 0 saturated heterocycles. The van der Waals surface area contributed by atoms with Crippen LogP contribution in [0.4, 0.5) is 0 Å². The number of aliphatic hydroxyl groups excluding tert-OH is 1. The third kappa shape index (κ3) is 7.71. The van der Waals surface area contributed by atoms with Gasteiger partial charge in [-0.05, 0) is 29.7 Å². The summed E-state index contributed by atoms with van der Waals surface area (Å²) in [6, 6.07) is 30.8. The number of aryl methyl sites for hydroxylation is 1. The number of benzene rings is 3. The summed E-state index contributed by atoms with van der Waals surface area (Å²) in [6.45, 7) is 2.52. The lowest BCUT2D eigenvalue weighted by molar-refractivity contribution is -0.102. The number of Topliss-reactive ketones (excluding diaryl/α,β-unsaturated/α-hetero) is 1. The van der Waals surface area contributed by atoms with E-state index in [9.17, 15) is 9.90 Å². The maximum atomic E-state index is 13.7. The summed E-state index contributed by atoms with van der Waals surface area (Å²) in [5, 5.41) is 9.60. The molecule has 2 atom stereocenters. The summed E-state index contributed by atoms with van der Waals surface area (Å²) in [4.78, 5) is 13.7. The Bertz CT molecular complexity index is 1220.